The Morgan fingerprint density at radius 2 is 1.81 bits per heavy atom. The fraction of sp³-hybridized carbons (Fsp3) is 0.455. The molecule has 0 amide bonds. The summed E-state index contributed by atoms with van der Waals surface area (Å²) in [5.41, 5.74) is 1.96. The van der Waals surface area contributed by atoms with E-state index in [2.05, 4.69) is 39.6 Å². The van der Waals surface area contributed by atoms with E-state index in [0.29, 0.717) is 23.8 Å². The minimum atomic E-state index is -0.423. The number of hydrogen-bond donors (Lipinski definition) is 1. The summed E-state index contributed by atoms with van der Waals surface area (Å²) in [6.07, 6.45) is 2.40. The van der Waals surface area contributed by atoms with Gasteiger partial charge in [0.2, 0.25) is 5.43 Å². The first-order valence-electron chi connectivity index (χ1n) is 9.29. The van der Waals surface area contributed by atoms with Gasteiger partial charge in [-0.1, -0.05) is 46.8 Å². The van der Waals surface area contributed by atoms with E-state index in [-0.39, 0.29) is 23.2 Å². The summed E-state index contributed by atoms with van der Waals surface area (Å²) in [7, 11) is 0. The molecule has 0 spiro atoms. The Hall–Kier alpha value is -2.56. The zero-order valence-corrected chi connectivity index (χ0v) is 16.8. The van der Waals surface area contributed by atoms with Gasteiger partial charge in [-0.2, -0.15) is 0 Å². The van der Waals surface area contributed by atoms with Crippen LogP contribution in [0.4, 0.5) is 0 Å². The van der Waals surface area contributed by atoms with Crippen molar-refractivity contribution in [1.29, 1.82) is 0 Å². The molecule has 0 aliphatic heterocycles. The summed E-state index contributed by atoms with van der Waals surface area (Å²) >= 11 is 0. The number of carbonyl (C=O) groups excluding carboxylic acids is 1. The van der Waals surface area contributed by atoms with Crippen LogP contribution >= 0.6 is 0 Å². The number of benzene rings is 1. The number of hydrogen-bond acceptors (Lipinski definition) is 4. The van der Waals surface area contributed by atoms with Gasteiger partial charge in [0.05, 0.1) is 17.9 Å². The molecule has 1 aromatic heterocycles. The average Bonchev–Trinajstić information content (AvgIpc) is 2.60. The van der Waals surface area contributed by atoms with Crippen molar-refractivity contribution in [2.75, 3.05) is 6.61 Å². The highest BCUT2D eigenvalue weighted by Crippen LogP contribution is 2.22. The Kier molecular flexibility index (Phi) is 6.83. The number of carbonyl (C=O) groups is 1. The number of aromatic amines is 1. The van der Waals surface area contributed by atoms with Gasteiger partial charge in [0.25, 0.3) is 0 Å². The molecule has 2 rings (SSSR count). The van der Waals surface area contributed by atoms with E-state index in [1.165, 1.54) is 12.3 Å². The van der Waals surface area contributed by atoms with Crippen LogP contribution in [-0.4, -0.2) is 17.6 Å². The zero-order valence-electron chi connectivity index (χ0n) is 16.8. The van der Waals surface area contributed by atoms with Gasteiger partial charge in [0, 0.05) is 12.3 Å². The number of nitrogens with one attached hydrogen (secondary N) is 1. The number of aromatic nitrogens is 1. The highest BCUT2D eigenvalue weighted by molar-refractivity contribution is 5.89. The molecule has 2 aromatic rings. The first-order valence-corrected chi connectivity index (χ1v) is 9.29. The second kappa shape index (κ2) is 8.89. The summed E-state index contributed by atoms with van der Waals surface area (Å²) in [6.45, 7) is 11.1. The van der Waals surface area contributed by atoms with E-state index < -0.39 is 5.97 Å². The van der Waals surface area contributed by atoms with E-state index in [0.717, 1.165) is 12.0 Å². The van der Waals surface area contributed by atoms with Crippen molar-refractivity contribution < 1.29 is 14.3 Å². The third-order valence-electron chi connectivity index (χ3n) is 4.23. The Bertz CT molecular complexity index is 813. The van der Waals surface area contributed by atoms with E-state index in [4.69, 9.17) is 9.47 Å². The average molecular weight is 371 g/mol. The van der Waals surface area contributed by atoms with Crippen LogP contribution in [0.15, 0.2) is 41.3 Å². The molecule has 146 valence electrons. The lowest BCUT2D eigenvalue weighted by Crippen LogP contribution is -2.13. The third kappa shape index (κ3) is 6.27. The summed E-state index contributed by atoms with van der Waals surface area (Å²) in [5.74, 6) is 0.372. The van der Waals surface area contributed by atoms with Crippen LogP contribution in [0.1, 0.15) is 62.7 Å². The fourth-order valence-electron chi connectivity index (χ4n) is 2.43. The molecule has 0 aliphatic rings. The monoisotopic (exact) mass is 371 g/mol. The van der Waals surface area contributed by atoms with Gasteiger partial charge in [0.1, 0.15) is 6.61 Å². The quantitative estimate of drug-likeness (QED) is 0.730. The Morgan fingerprint density at radius 3 is 2.37 bits per heavy atom. The molecule has 1 N–H and O–H groups in total. The van der Waals surface area contributed by atoms with Crippen molar-refractivity contribution in [3.05, 3.63) is 63.6 Å². The third-order valence-corrected chi connectivity index (χ3v) is 4.23. The van der Waals surface area contributed by atoms with E-state index in [9.17, 15) is 9.59 Å². The SMILES string of the molecule is CC(C)CCOc1c[nH]c(COC(=O)c2ccc(C(C)(C)C)cc2)cc1=O. The van der Waals surface area contributed by atoms with E-state index in [1.54, 1.807) is 12.1 Å². The summed E-state index contributed by atoms with van der Waals surface area (Å²) < 4.78 is 10.8. The summed E-state index contributed by atoms with van der Waals surface area (Å²) in [6, 6.07) is 8.79. The molecule has 0 unspecified atom stereocenters. The van der Waals surface area contributed by atoms with Gasteiger partial charge in [-0.3, -0.25) is 4.79 Å². The number of ether oxygens (including phenoxy) is 2. The molecule has 0 atom stereocenters. The predicted octanol–water partition coefficient (Wildman–Crippen LogP) is 4.45. The molecule has 0 aliphatic carbocycles. The molecular formula is C22H29NO4. The summed E-state index contributed by atoms with van der Waals surface area (Å²) in [5, 5.41) is 0. The molecule has 5 nitrogen and oxygen atoms in total. The molecule has 0 fully saturated rings. The maximum absolute atomic E-state index is 12.2. The molecule has 1 aromatic carbocycles. The highest BCUT2D eigenvalue weighted by atomic mass is 16.5. The highest BCUT2D eigenvalue weighted by Gasteiger charge is 2.15. The largest absolute Gasteiger partial charge is 0.488 e. The number of esters is 1. The van der Waals surface area contributed by atoms with Crippen molar-refractivity contribution in [2.24, 2.45) is 5.92 Å². The topological polar surface area (TPSA) is 68.4 Å². The van der Waals surface area contributed by atoms with Gasteiger partial charge in [-0.15, -0.1) is 0 Å². The maximum Gasteiger partial charge on any atom is 0.338 e. The van der Waals surface area contributed by atoms with Crippen LogP contribution in [0.2, 0.25) is 0 Å². The molecule has 5 heteroatoms. The normalized spacial score (nSPS) is 11.5. The van der Waals surface area contributed by atoms with Crippen LogP contribution in [0, 0.1) is 5.92 Å². The minimum Gasteiger partial charge on any atom is -0.488 e. The molecule has 0 saturated carbocycles. The van der Waals surface area contributed by atoms with E-state index >= 15 is 0 Å². The second-order valence-electron chi connectivity index (χ2n) is 8.12. The standard InChI is InChI=1S/C22H29NO4/c1-15(2)10-11-26-20-13-23-18(12-19(20)24)14-27-21(25)16-6-8-17(9-7-16)22(3,4)5/h6-9,12-13,15H,10-11,14H2,1-5H3,(H,23,24). The summed E-state index contributed by atoms with van der Waals surface area (Å²) in [4.78, 5) is 27.2. The van der Waals surface area contributed by atoms with Crippen LogP contribution in [0.3, 0.4) is 0 Å². The molecule has 27 heavy (non-hydrogen) atoms. The lowest BCUT2D eigenvalue weighted by atomic mass is 9.87. The number of H-pyrrole nitrogens is 1. The fourth-order valence-corrected chi connectivity index (χ4v) is 2.43. The van der Waals surface area contributed by atoms with Gasteiger partial charge in [-0.05, 0) is 35.4 Å². The smallest absolute Gasteiger partial charge is 0.338 e. The minimum absolute atomic E-state index is 0.00136. The Morgan fingerprint density at radius 1 is 1.15 bits per heavy atom. The predicted molar refractivity (Wildman–Crippen MR) is 106 cm³/mol. The van der Waals surface area contributed by atoms with Crippen LogP contribution in [-0.2, 0) is 16.8 Å². The molecule has 1 heterocycles. The zero-order chi connectivity index (χ0) is 20.0. The van der Waals surface area contributed by atoms with Crippen molar-refractivity contribution in [1.82, 2.24) is 4.98 Å². The van der Waals surface area contributed by atoms with Gasteiger partial charge < -0.3 is 14.5 Å². The first kappa shape index (κ1) is 20.7. The first-order chi connectivity index (χ1) is 12.7. The van der Waals surface area contributed by atoms with E-state index in [1.807, 2.05) is 12.1 Å². The van der Waals surface area contributed by atoms with Crippen LogP contribution in [0.25, 0.3) is 0 Å². The lowest BCUT2D eigenvalue weighted by molar-refractivity contribution is 0.0467. The van der Waals surface area contributed by atoms with Crippen LogP contribution in [0.5, 0.6) is 5.75 Å². The number of pyridine rings is 1. The van der Waals surface area contributed by atoms with Gasteiger partial charge >= 0.3 is 5.97 Å². The van der Waals surface area contributed by atoms with Crippen molar-refractivity contribution in [2.45, 2.75) is 53.1 Å². The van der Waals surface area contributed by atoms with Gasteiger partial charge in [-0.25, -0.2) is 4.79 Å². The lowest BCUT2D eigenvalue weighted by Gasteiger charge is -2.18. The van der Waals surface area contributed by atoms with Crippen LogP contribution < -0.4 is 10.2 Å². The Balaban J connectivity index is 1.93. The molecule has 0 saturated heterocycles. The van der Waals surface area contributed by atoms with Crippen molar-refractivity contribution in [3.8, 4) is 5.75 Å². The molecule has 0 radical (unpaired) electrons. The second-order valence-corrected chi connectivity index (χ2v) is 8.12. The molecular weight excluding hydrogens is 342 g/mol. The molecule has 0 bridgehead atoms. The van der Waals surface area contributed by atoms with Crippen molar-refractivity contribution in [3.63, 3.8) is 0 Å². The van der Waals surface area contributed by atoms with Gasteiger partial charge in [0.15, 0.2) is 5.75 Å². The number of rotatable bonds is 7. The Labute approximate surface area is 160 Å². The maximum atomic E-state index is 12.2. The van der Waals surface area contributed by atoms with Crippen molar-refractivity contribution >= 4 is 5.97 Å².